The van der Waals surface area contributed by atoms with Crippen molar-refractivity contribution in [3.8, 4) is 0 Å². The Morgan fingerprint density at radius 1 is 1.06 bits per heavy atom. The third kappa shape index (κ3) is 4.47. The molecule has 2 saturated heterocycles. The third-order valence-corrected chi connectivity index (χ3v) is 5.73. The number of amides is 4. The smallest absolute Gasteiger partial charge is 0.311 e. The number of halogens is 3. The Hall–Kier alpha value is -2.79. The van der Waals surface area contributed by atoms with Crippen molar-refractivity contribution < 1.29 is 32.3 Å². The first-order chi connectivity index (χ1) is 14.6. The maximum Gasteiger partial charge on any atom is 0.390 e. The number of nitrogens with one attached hydrogen (secondary N) is 2. The summed E-state index contributed by atoms with van der Waals surface area (Å²) in [6, 6.07) is 2.99. The summed E-state index contributed by atoms with van der Waals surface area (Å²) in [6.07, 6.45) is -5.05. The minimum Gasteiger partial charge on any atom is -0.311 e. The van der Waals surface area contributed by atoms with Crippen LogP contribution in [0.1, 0.15) is 45.5 Å². The molecule has 0 aromatic heterocycles. The Morgan fingerprint density at radius 3 is 2.52 bits per heavy atom. The van der Waals surface area contributed by atoms with Crippen molar-refractivity contribution in [1.82, 2.24) is 20.4 Å². The number of fused-ring (bicyclic) bond motifs is 1. The number of rotatable bonds is 4. The molecule has 0 radical (unpaired) electrons. The second kappa shape index (κ2) is 8.04. The molecule has 2 fully saturated rings. The Bertz CT molecular complexity index is 949. The van der Waals surface area contributed by atoms with Crippen LogP contribution >= 0.6 is 0 Å². The highest BCUT2D eigenvalue weighted by Gasteiger charge is 2.44. The fourth-order valence-electron chi connectivity index (χ4n) is 4.33. The molecular formula is C20H21F3N4O4. The minimum absolute atomic E-state index is 0.0388. The van der Waals surface area contributed by atoms with E-state index in [0.717, 1.165) is 4.90 Å². The molecule has 0 aliphatic carbocycles. The van der Waals surface area contributed by atoms with Gasteiger partial charge in [0, 0.05) is 38.6 Å². The van der Waals surface area contributed by atoms with Gasteiger partial charge in [-0.15, -0.1) is 0 Å². The number of benzene rings is 1. The summed E-state index contributed by atoms with van der Waals surface area (Å²) in [5.74, 6) is -2.32. The standard InChI is InChI=1S/C20H21F3N4O4/c21-20(22,23)8-12-10-26(6-5-24-12)9-11-1-2-13-14(7-11)19(31)27(18(13)30)15-3-4-16(28)25-17(15)29/h1-2,7,12,15,24H,3-6,8-10H2,(H,25,28,29). The number of hydrogen-bond acceptors (Lipinski definition) is 6. The quantitative estimate of drug-likeness (QED) is 0.676. The number of alkyl halides is 3. The second-order valence-electron chi connectivity index (χ2n) is 8.03. The summed E-state index contributed by atoms with van der Waals surface area (Å²) < 4.78 is 38.1. The first-order valence-corrected chi connectivity index (χ1v) is 9.99. The van der Waals surface area contributed by atoms with E-state index in [1.54, 1.807) is 12.1 Å². The SMILES string of the molecule is O=C1CCC(N2C(=O)c3ccc(CN4CCNC(CC(F)(F)F)C4)cc3C2=O)C(=O)N1. The lowest BCUT2D eigenvalue weighted by Gasteiger charge is -2.34. The van der Waals surface area contributed by atoms with Crippen molar-refractivity contribution in [2.24, 2.45) is 0 Å². The van der Waals surface area contributed by atoms with E-state index < -0.39 is 48.3 Å². The molecule has 0 bridgehead atoms. The number of carbonyl (C=O) groups excluding carboxylic acids is 4. The lowest BCUT2D eigenvalue weighted by Crippen LogP contribution is -2.54. The molecule has 166 valence electrons. The zero-order valence-corrected chi connectivity index (χ0v) is 16.5. The van der Waals surface area contributed by atoms with E-state index in [1.165, 1.54) is 6.07 Å². The van der Waals surface area contributed by atoms with Gasteiger partial charge in [0.1, 0.15) is 6.04 Å². The van der Waals surface area contributed by atoms with E-state index in [-0.39, 0.29) is 30.5 Å². The normalized spacial score (nSPS) is 25.1. The molecule has 3 aliphatic rings. The van der Waals surface area contributed by atoms with Crippen molar-refractivity contribution in [2.75, 3.05) is 19.6 Å². The lowest BCUT2D eigenvalue weighted by atomic mass is 10.0. The van der Waals surface area contributed by atoms with E-state index in [4.69, 9.17) is 0 Å². The van der Waals surface area contributed by atoms with Gasteiger partial charge in [0.05, 0.1) is 17.5 Å². The van der Waals surface area contributed by atoms with E-state index >= 15 is 0 Å². The van der Waals surface area contributed by atoms with E-state index in [1.807, 2.05) is 4.90 Å². The number of imide groups is 2. The average Bonchev–Trinajstić information content (AvgIpc) is 2.91. The van der Waals surface area contributed by atoms with Crippen LogP contribution < -0.4 is 10.6 Å². The van der Waals surface area contributed by atoms with Gasteiger partial charge in [0.2, 0.25) is 11.8 Å². The van der Waals surface area contributed by atoms with Crippen molar-refractivity contribution in [2.45, 2.75) is 44.1 Å². The summed E-state index contributed by atoms with van der Waals surface area (Å²) in [4.78, 5) is 51.8. The van der Waals surface area contributed by atoms with Crippen LogP contribution in [0.15, 0.2) is 18.2 Å². The zero-order valence-electron chi connectivity index (χ0n) is 16.5. The van der Waals surface area contributed by atoms with Crippen molar-refractivity contribution >= 4 is 23.6 Å². The lowest BCUT2D eigenvalue weighted by molar-refractivity contribution is -0.142. The topological polar surface area (TPSA) is 98.8 Å². The van der Waals surface area contributed by atoms with Crippen molar-refractivity contribution in [3.05, 3.63) is 34.9 Å². The van der Waals surface area contributed by atoms with Crippen LogP contribution in [0.25, 0.3) is 0 Å². The molecule has 8 nitrogen and oxygen atoms in total. The largest absolute Gasteiger partial charge is 0.390 e. The highest BCUT2D eigenvalue weighted by atomic mass is 19.4. The first-order valence-electron chi connectivity index (χ1n) is 9.99. The molecule has 0 spiro atoms. The molecular weight excluding hydrogens is 417 g/mol. The molecule has 2 N–H and O–H groups in total. The molecule has 31 heavy (non-hydrogen) atoms. The Kier molecular flexibility index (Phi) is 5.56. The minimum atomic E-state index is -4.25. The van der Waals surface area contributed by atoms with Crippen LogP contribution in [0.3, 0.4) is 0 Å². The summed E-state index contributed by atoms with van der Waals surface area (Å²) in [7, 11) is 0. The zero-order chi connectivity index (χ0) is 22.3. The molecule has 1 aromatic rings. The van der Waals surface area contributed by atoms with E-state index in [9.17, 15) is 32.3 Å². The number of piperidine rings is 1. The van der Waals surface area contributed by atoms with E-state index in [0.29, 0.717) is 25.2 Å². The number of hydrogen-bond donors (Lipinski definition) is 2. The van der Waals surface area contributed by atoms with Crippen LogP contribution in [0.5, 0.6) is 0 Å². The van der Waals surface area contributed by atoms with Gasteiger partial charge in [-0.1, -0.05) is 6.07 Å². The highest BCUT2D eigenvalue weighted by molar-refractivity contribution is 6.23. The average molecular weight is 438 g/mol. The van der Waals surface area contributed by atoms with Gasteiger partial charge in [-0.25, -0.2) is 0 Å². The van der Waals surface area contributed by atoms with Gasteiger partial charge < -0.3 is 5.32 Å². The van der Waals surface area contributed by atoms with Gasteiger partial charge >= 0.3 is 6.18 Å². The monoisotopic (exact) mass is 438 g/mol. The highest BCUT2D eigenvalue weighted by Crippen LogP contribution is 2.29. The maximum absolute atomic E-state index is 12.9. The predicted octanol–water partition coefficient (Wildman–Crippen LogP) is 0.814. The van der Waals surface area contributed by atoms with Gasteiger partial charge in [0.25, 0.3) is 11.8 Å². The van der Waals surface area contributed by atoms with Crippen LogP contribution in [0.2, 0.25) is 0 Å². The maximum atomic E-state index is 12.9. The Balaban J connectivity index is 1.47. The van der Waals surface area contributed by atoms with Crippen LogP contribution in [0, 0.1) is 0 Å². The first kappa shape index (κ1) is 21.4. The summed E-state index contributed by atoms with van der Waals surface area (Å²) >= 11 is 0. The van der Waals surface area contributed by atoms with Crippen LogP contribution in [-0.4, -0.2) is 71.3 Å². The summed E-state index contributed by atoms with van der Waals surface area (Å²) in [6.45, 7) is 1.53. The van der Waals surface area contributed by atoms with Crippen molar-refractivity contribution in [3.63, 3.8) is 0 Å². The second-order valence-corrected chi connectivity index (χ2v) is 8.03. The summed E-state index contributed by atoms with van der Waals surface area (Å²) in [5, 5.41) is 5.01. The Labute approximate surface area is 175 Å². The predicted molar refractivity (Wildman–Crippen MR) is 101 cm³/mol. The van der Waals surface area contributed by atoms with Gasteiger partial charge in [-0.3, -0.25) is 34.3 Å². The number of nitrogens with zero attached hydrogens (tertiary/aromatic N) is 2. The van der Waals surface area contributed by atoms with Gasteiger partial charge in [-0.05, 0) is 24.1 Å². The van der Waals surface area contributed by atoms with Crippen molar-refractivity contribution in [1.29, 1.82) is 0 Å². The molecule has 3 aliphatic heterocycles. The molecule has 4 amide bonds. The molecule has 2 unspecified atom stereocenters. The van der Waals surface area contributed by atoms with Gasteiger partial charge in [-0.2, -0.15) is 13.2 Å². The van der Waals surface area contributed by atoms with E-state index in [2.05, 4.69) is 10.6 Å². The molecule has 4 rings (SSSR count). The molecule has 0 saturated carbocycles. The van der Waals surface area contributed by atoms with Crippen LogP contribution in [0.4, 0.5) is 13.2 Å². The van der Waals surface area contributed by atoms with Crippen LogP contribution in [-0.2, 0) is 16.1 Å². The molecule has 3 heterocycles. The summed E-state index contributed by atoms with van der Waals surface area (Å²) in [5.41, 5.74) is 1.03. The fourth-order valence-corrected chi connectivity index (χ4v) is 4.33. The molecule has 2 atom stereocenters. The fraction of sp³-hybridized carbons (Fsp3) is 0.500. The molecule has 1 aromatic carbocycles. The number of carbonyl (C=O) groups is 4. The van der Waals surface area contributed by atoms with Gasteiger partial charge in [0.15, 0.2) is 0 Å². The third-order valence-electron chi connectivity index (χ3n) is 5.73. The molecule has 11 heteroatoms. The number of piperazine rings is 1. The Morgan fingerprint density at radius 2 is 1.81 bits per heavy atom.